The molecule has 4 atom stereocenters. The van der Waals surface area contributed by atoms with Crippen LogP contribution in [-0.2, 0) is 19.1 Å². The Kier molecular flexibility index (Phi) is 3.22. The normalized spacial score (nSPS) is 40.5. The summed E-state index contributed by atoms with van der Waals surface area (Å²) in [4.78, 5) is 39.9. The summed E-state index contributed by atoms with van der Waals surface area (Å²) in [6, 6.07) is 0. The van der Waals surface area contributed by atoms with Crippen molar-refractivity contribution in [2.24, 2.45) is 11.8 Å². The lowest BCUT2D eigenvalue weighted by atomic mass is 9.71. The van der Waals surface area contributed by atoms with Crippen molar-refractivity contribution in [3.63, 3.8) is 0 Å². The maximum atomic E-state index is 14.2. The number of rotatable bonds is 2. The van der Waals surface area contributed by atoms with Crippen molar-refractivity contribution in [1.82, 2.24) is 0 Å². The Balaban J connectivity index is 2.15. The average molecular weight is 377 g/mol. The SMILES string of the molecule is C[Si](C)(C)[C@@]12C(=O)[C@@]([Si](C)(C)C)(C3=C1CCCC3)[C@H]1C(=O)OC(=O)[C@H]12. The lowest BCUT2D eigenvalue weighted by Gasteiger charge is -2.47. The van der Waals surface area contributed by atoms with E-state index in [0.29, 0.717) is 0 Å². The third-order valence-corrected chi connectivity index (χ3v) is 13.9. The van der Waals surface area contributed by atoms with Crippen LogP contribution in [-0.4, -0.2) is 33.9 Å². The second-order valence-electron chi connectivity index (χ2n) is 10.3. The van der Waals surface area contributed by atoms with Crippen LogP contribution in [0.25, 0.3) is 0 Å². The number of cyclic esters (lactones) is 2. The van der Waals surface area contributed by atoms with Crippen LogP contribution >= 0.6 is 0 Å². The van der Waals surface area contributed by atoms with Crippen molar-refractivity contribution >= 4 is 33.9 Å². The average Bonchev–Trinajstić information content (AvgIpc) is 3.00. The molecule has 4 rings (SSSR count). The van der Waals surface area contributed by atoms with Crippen molar-refractivity contribution in [2.45, 2.75) is 75.0 Å². The molecule has 0 spiro atoms. The highest BCUT2D eigenvalue weighted by molar-refractivity contribution is 6.90. The predicted octanol–water partition coefficient (Wildman–Crippen LogP) is 3.93. The van der Waals surface area contributed by atoms with E-state index in [4.69, 9.17) is 4.74 Å². The molecule has 0 aromatic heterocycles. The minimum atomic E-state index is -2.13. The Bertz CT molecular complexity index is 694. The molecule has 1 aliphatic heterocycles. The van der Waals surface area contributed by atoms with Crippen molar-refractivity contribution in [1.29, 1.82) is 0 Å². The van der Waals surface area contributed by atoms with E-state index in [0.717, 1.165) is 25.7 Å². The smallest absolute Gasteiger partial charge is 0.318 e. The molecule has 4 nitrogen and oxygen atoms in total. The van der Waals surface area contributed by atoms with Crippen LogP contribution in [0.15, 0.2) is 11.1 Å². The summed E-state index contributed by atoms with van der Waals surface area (Å²) in [5.74, 6) is -1.72. The summed E-state index contributed by atoms with van der Waals surface area (Å²) >= 11 is 0. The first kappa shape index (κ1) is 17.4. The molecule has 1 saturated carbocycles. The molecule has 6 heteroatoms. The fraction of sp³-hybridized carbons (Fsp3) is 0.737. The van der Waals surface area contributed by atoms with E-state index in [2.05, 4.69) is 39.3 Å². The molecule has 2 fully saturated rings. The molecular formula is C19H28O4Si2. The van der Waals surface area contributed by atoms with Crippen LogP contribution in [0.1, 0.15) is 25.7 Å². The van der Waals surface area contributed by atoms with E-state index in [9.17, 15) is 14.4 Å². The molecule has 0 aromatic rings. The number of hydrogen-bond acceptors (Lipinski definition) is 4. The number of Topliss-reactive ketones (excluding diaryl/α,β-unsaturated/α-hetero) is 1. The van der Waals surface area contributed by atoms with Crippen LogP contribution in [0, 0.1) is 11.8 Å². The van der Waals surface area contributed by atoms with Crippen molar-refractivity contribution in [3.05, 3.63) is 11.1 Å². The monoisotopic (exact) mass is 376 g/mol. The number of carbonyl (C=O) groups is 3. The molecule has 0 aromatic carbocycles. The second-order valence-corrected chi connectivity index (χ2v) is 20.9. The van der Waals surface area contributed by atoms with E-state index in [-0.39, 0.29) is 5.78 Å². The van der Waals surface area contributed by atoms with Crippen LogP contribution < -0.4 is 0 Å². The van der Waals surface area contributed by atoms with E-state index in [1.165, 1.54) is 11.1 Å². The highest BCUT2D eigenvalue weighted by atomic mass is 28.3. The Hall–Kier alpha value is -1.02. The Morgan fingerprint density at radius 1 is 0.760 bits per heavy atom. The maximum Gasteiger partial charge on any atom is 0.318 e. The number of fused-ring (bicyclic) bond motifs is 7. The van der Waals surface area contributed by atoms with Crippen LogP contribution in [0.3, 0.4) is 0 Å². The molecule has 4 aliphatic rings. The first-order chi connectivity index (χ1) is 11.4. The Labute approximate surface area is 151 Å². The molecule has 3 aliphatic carbocycles. The van der Waals surface area contributed by atoms with Crippen LogP contribution in [0.5, 0.6) is 0 Å². The van der Waals surface area contributed by atoms with Gasteiger partial charge in [0.25, 0.3) is 0 Å². The molecule has 1 saturated heterocycles. The molecule has 0 N–H and O–H groups in total. The summed E-state index contributed by atoms with van der Waals surface area (Å²) in [6.45, 7) is 13.2. The van der Waals surface area contributed by atoms with E-state index in [1.807, 2.05) is 0 Å². The fourth-order valence-corrected chi connectivity index (χ4v) is 13.6. The number of ether oxygens (including phenoxy) is 1. The first-order valence-electron chi connectivity index (χ1n) is 9.47. The summed E-state index contributed by atoms with van der Waals surface area (Å²) in [6.07, 6.45) is 4.01. The van der Waals surface area contributed by atoms with Gasteiger partial charge in [0.05, 0.1) is 38.1 Å². The highest BCUT2D eigenvalue weighted by Crippen LogP contribution is 2.82. The van der Waals surface area contributed by atoms with Crippen molar-refractivity contribution in [2.75, 3.05) is 0 Å². The molecule has 0 amide bonds. The maximum absolute atomic E-state index is 14.2. The third-order valence-electron chi connectivity index (χ3n) is 7.48. The van der Waals surface area contributed by atoms with Crippen LogP contribution in [0.4, 0.5) is 0 Å². The Morgan fingerprint density at radius 3 is 1.44 bits per heavy atom. The minimum Gasteiger partial charge on any atom is -0.393 e. The number of carbonyl (C=O) groups excluding carboxylic acids is 3. The van der Waals surface area contributed by atoms with E-state index in [1.54, 1.807) is 0 Å². The first-order valence-corrected chi connectivity index (χ1v) is 16.5. The summed E-state index contributed by atoms with van der Waals surface area (Å²) in [7, 11) is -4.25. The predicted molar refractivity (Wildman–Crippen MR) is 101 cm³/mol. The number of allylic oxidation sites excluding steroid dienone is 2. The molecule has 2 bridgehead atoms. The number of esters is 2. The quantitative estimate of drug-likeness (QED) is 0.317. The van der Waals surface area contributed by atoms with Gasteiger partial charge >= 0.3 is 11.9 Å². The minimum absolute atomic E-state index is 0.241. The van der Waals surface area contributed by atoms with Gasteiger partial charge in [-0.3, -0.25) is 14.4 Å². The van der Waals surface area contributed by atoms with Crippen molar-refractivity contribution < 1.29 is 19.1 Å². The van der Waals surface area contributed by atoms with Gasteiger partial charge in [-0.05, 0) is 25.7 Å². The second kappa shape index (κ2) is 4.63. The van der Waals surface area contributed by atoms with Gasteiger partial charge in [-0.2, -0.15) is 0 Å². The lowest BCUT2D eigenvalue weighted by molar-refractivity contribution is -0.155. The van der Waals surface area contributed by atoms with E-state index >= 15 is 0 Å². The summed E-state index contributed by atoms with van der Waals surface area (Å²) in [5, 5.41) is -1.42. The van der Waals surface area contributed by atoms with Gasteiger partial charge in [-0.15, -0.1) is 0 Å². The fourth-order valence-electron chi connectivity index (χ4n) is 6.89. The van der Waals surface area contributed by atoms with Crippen LogP contribution in [0.2, 0.25) is 49.4 Å². The zero-order valence-electron chi connectivity index (χ0n) is 16.1. The standard InChI is InChI=1S/C19H28O4Si2/c1-24(2,3)18-11-9-7-8-10-12(11)19(17(18)22,25(4,5)6)14-13(18)15(20)23-16(14)21/h13-14H,7-10H2,1-6H3/t13-,14+,18-,19+. The van der Waals surface area contributed by atoms with Gasteiger partial charge in [0, 0.05) is 0 Å². The lowest BCUT2D eigenvalue weighted by Crippen LogP contribution is -2.49. The van der Waals surface area contributed by atoms with E-state index < -0.39 is 50.0 Å². The van der Waals surface area contributed by atoms with Gasteiger partial charge < -0.3 is 4.74 Å². The summed E-state index contributed by atoms with van der Waals surface area (Å²) in [5.41, 5.74) is 2.52. The zero-order valence-corrected chi connectivity index (χ0v) is 18.1. The summed E-state index contributed by atoms with van der Waals surface area (Å²) < 4.78 is 5.19. The van der Waals surface area contributed by atoms with Gasteiger partial charge in [0.1, 0.15) is 5.78 Å². The topological polar surface area (TPSA) is 60.4 Å². The number of ketones is 1. The highest BCUT2D eigenvalue weighted by Gasteiger charge is 2.85. The molecule has 0 radical (unpaired) electrons. The molecule has 136 valence electrons. The largest absolute Gasteiger partial charge is 0.393 e. The van der Waals surface area contributed by atoms with Gasteiger partial charge in [-0.1, -0.05) is 50.4 Å². The zero-order chi connectivity index (χ0) is 18.6. The Morgan fingerprint density at radius 2 is 1.12 bits per heavy atom. The number of hydrogen-bond donors (Lipinski definition) is 0. The van der Waals surface area contributed by atoms with Gasteiger partial charge in [0.2, 0.25) is 0 Å². The van der Waals surface area contributed by atoms with Crippen molar-refractivity contribution in [3.8, 4) is 0 Å². The third kappa shape index (κ3) is 1.58. The van der Waals surface area contributed by atoms with Gasteiger partial charge in [-0.25, -0.2) is 0 Å². The van der Waals surface area contributed by atoms with Gasteiger partial charge in [0.15, 0.2) is 0 Å². The molecule has 0 unspecified atom stereocenters. The molecular weight excluding hydrogens is 348 g/mol. The molecule has 25 heavy (non-hydrogen) atoms. The molecule has 1 heterocycles.